The van der Waals surface area contributed by atoms with Gasteiger partial charge in [0.1, 0.15) is 12.7 Å². The fourth-order valence-corrected chi connectivity index (χ4v) is 6.08. The van der Waals surface area contributed by atoms with E-state index in [0.717, 1.165) is 24.8 Å². The number of allylic oxidation sites excluding steroid dienone is 3. The van der Waals surface area contributed by atoms with Crippen molar-refractivity contribution in [3.8, 4) is 0 Å². The van der Waals surface area contributed by atoms with Crippen molar-refractivity contribution in [2.45, 2.75) is 65.1 Å². The number of carbonyl (C=O) groups is 1. The van der Waals surface area contributed by atoms with Crippen LogP contribution in [0.15, 0.2) is 22.8 Å². The van der Waals surface area contributed by atoms with Crippen LogP contribution < -0.4 is 29.6 Å². The number of ether oxygens (including phenoxy) is 1. The van der Waals surface area contributed by atoms with E-state index in [1.807, 2.05) is 13.8 Å². The molecule has 3 aliphatic rings. The quantitative estimate of drug-likeness (QED) is 0.130. The van der Waals surface area contributed by atoms with Crippen LogP contribution in [0.2, 0.25) is 0 Å². The molecule has 3 rings (SSSR count). The van der Waals surface area contributed by atoms with Gasteiger partial charge in [0.05, 0.1) is 18.3 Å². The second-order valence-corrected chi connectivity index (χ2v) is 9.95. The Balaban J connectivity index is 0.00000320. The summed E-state index contributed by atoms with van der Waals surface area (Å²) in [6.45, 7) is 5.69. The number of esters is 1. The van der Waals surface area contributed by atoms with E-state index >= 15 is 0 Å². The predicted molar refractivity (Wildman–Crippen MR) is 102 cm³/mol. The molecule has 0 radical (unpaired) electrons. The van der Waals surface area contributed by atoms with Crippen molar-refractivity contribution < 1.29 is 66.5 Å². The van der Waals surface area contributed by atoms with Crippen LogP contribution in [-0.2, 0) is 24.1 Å². The number of hydrogen-bond acceptors (Lipinski definition) is 8. The summed E-state index contributed by atoms with van der Waals surface area (Å²) in [4.78, 5) is 12.0. The van der Waals surface area contributed by atoms with E-state index in [1.54, 1.807) is 6.08 Å². The van der Waals surface area contributed by atoms with E-state index in [2.05, 4.69) is 11.1 Å². The van der Waals surface area contributed by atoms with Crippen LogP contribution in [0.1, 0.15) is 52.9 Å². The maximum atomic E-state index is 12.0. The molecule has 2 fully saturated rings. The van der Waals surface area contributed by atoms with Crippen LogP contribution in [0.25, 0.3) is 0 Å². The van der Waals surface area contributed by atoms with E-state index < -0.39 is 34.0 Å². The molecule has 0 amide bonds. The third-order valence-corrected chi connectivity index (χ3v) is 7.79. The molecule has 1 saturated carbocycles. The van der Waals surface area contributed by atoms with Crippen LogP contribution in [-0.4, -0.2) is 54.6 Å². The molecule has 0 spiro atoms. The van der Waals surface area contributed by atoms with Gasteiger partial charge in [-0.05, 0) is 50.4 Å². The van der Waals surface area contributed by atoms with Gasteiger partial charge in [0.15, 0.2) is 0 Å². The summed E-state index contributed by atoms with van der Waals surface area (Å²) in [5.74, 6) is -0.612. The Bertz CT molecular complexity index is 851. The van der Waals surface area contributed by atoms with Crippen LogP contribution in [0.5, 0.6) is 0 Å². The first kappa shape index (κ1) is 26.0. The van der Waals surface area contributed by atoms with Gasteiger partial charge < -0.3 is 19.5 Å². The van der Waals surface area contributed by atoms with Gasteiger partial charge in [0.25, 0.3) is 0 Å². The summed E-state index contributed by atoms with van der Waals surface area (Å²) in [7, 11) is -4.96. The Morgan fingerprint density at radius 1 is 1.33 bits per heavy atom. The van der Waals surface area contributed by atoms with Gasteiger partial charge in [-0.1, -0.05) is 31.1 Å². The number of rotatable bonds is 5. The molecule has 10 heteroatoms. The average Bonchev–Trinajstić information content (AvgIpc) is 2.96. The average molecular weight is 453 g/mol. The Kier molecular flexibility index (Phi) is 8.07. The summed E-state index contributed by atoms with van der Waals surface area (Å²) in [6.07, 6.45) is 3.18. The second-order valence-electron chi connectivity index (χ2n) is 8.94. The largest absolute Gasteiger partial charge is 1.00 e. The monoisotopic (exact) mass is 452 g/mol. The van der Waals surface area contributed by atoms with Crippen LogP contribution in [0.4, 0.5) is 0 Å². The first-order valence-electron chi connectivity index (χ1n) is 9.91. The zero-order valence-corrected chi connectivity index (χ0v) is 20.8. The third kappa shape index (κ3) is 4.73. The zero-order chi connectivity index (χ0) is 21.6. The van der Waals surface area contributed by atoms with Gasteiger partial charge in [-0.3, -0.25) is 4.18 Å². The molecule has 0 unspecified atom stereocenters. The smallest absolute Gasteiger partial charge is 0.726 e. The van der Waals surface area contributed by atoms with E-state index in [4.69, 9.17) is 4.74 Å². The van der Waals surface area contributed by atoms with Crippen LogP contribution in [0.3, 0.4) is 0 Å². The minimum Gasteiger partial charge on any atom is -0.726 e. The third-order valence-electron chi connectivity index (χ3n) is 7.33. The molecule has 0 bridgehead atoms. The molecule has 2 N–H and O–H groups in total. The van der Waals surface area contributed by atoms with Crippen molar-refractivity contribution in [1.29, 1.82) is 0 Å². The number of hydrogen-bond donors (Lipinski definition) is 2. The van der Waals surface area contributed by atoms with Crippen LogP contribution in [0, 0.1) is 16.7 Å². The maximum Gasteiger partial charge on any atom is 1.00 e. The van der Waals surface area contributed by atoms with Crippen molar-refractivity contribution >= 4 is 16.4 Å². The van der Waals surface area contributed by atoms with Gasteiger partial charge in [-0.15, -0.1) is 0 Å². The molecule has 1 saturated heterocycles. The Hall–Kier alpha value is -0.260. The molecule has 0 aromatic carbocycles. The Morgan fingerprint density at radius 2 is 2.00 bits per heavy atom. The second kappa shape index (κ2) is 9.31. The maximum absolute atomic E-state index is 12.0. The minimum absolute atomic E-state index is 0. The van der Waals surface area contributed by atoms with Gasteiger partial charge in [-0.25, -0.2) is 13.2 Å². The molecular formula is C20H29NaO8S. The number of fused-ring (bicyclic) bond motifs is 1. The molecule has 1 heterocycles. The Labute approximate surface area is 200 Å². The van der Waals surface area contributed by atoms with Crippen molar-refractivity contribution in [3.63, 3.8) is 0 Å². The molecule has 5 atom stereocenters. The molecule has 30 heavy (non-hydrogen) atoms. The number of aliphatic hydroxyl groups excluding tert-OH is 2. The van der Waals surface area contributed by atoms with Gasteiger partial charge in [-0.2, -0.15) is 0 Å². The zero-order valence-electron chi connectivity index (χ0n) is 18.0. The Morgan fingerprint density at radius 3 is 2.60 bits per heavy atom. The summed E-state index contributed by atoms with van der Waals surface area (Å²) in [5, 5.41) is 20.6. The van der Waals surface area contributed by atoms with Crippen LogP contribution >= 0.6 is 0 Å². The SMILES string of the molecule is CC1=C(C/C=C2/C(=O)OC[C@H]2OS(=O)(=O)[O-])[C@]2(C)CC[C@@H](O)[C@@](C)(CO)[C@H]2CC1.[Na+]. The molecule has 0 aromatic heterocycles. The fourth-order valence-electron chi connectivity index (χ4n) is 5.64. The number of carbonyl (C=O) groups excluding carboxylic acids is 1. The molecule has 1 aliphatic heterocycles. The van der Waals surface area contributed by atoms with Crippen molar-refractivity contribution in [2.24, 2.45) is 16.7 Å². The van der Waals surface area contributed by atoms with E-state index in [1.165, 1.54) is 5.57 Å². The van der Waals surface area contributed by atoms with Crippen molar-refractivity contribution in [1.82, 2.24) is 0 Å². The van der Waals surface area contributed by atoms with Gasteiger partial charge >= 0.3 is 35.5 Å². The normalized spacial score (nSPS) is 38.3. The van der Waals surface area contributed by atoms with Gasteiger partial charge in [0, 0.05) is 5.41 Å². The first-order chi connectivity index (χ1) is 13.4. The summed E-state index contributed by atoms with van der Waals surface area (Å²) >= 11 is 0. The molecule has 8 nitrogen and oxygen atoms in total. The predicted octanol–water partition coefficient (Wildman–Crippen LogP) is -1.40. The summed E-state index contributed by atoms with van der Waals surface area (Å²) in [6, 6.07) is 0. The minimum atomic E-state index is -4.96. The molecular weight excluding hydrogens is 423 g/mol. The molecule has 0 aromatic rings. The van der Waals surface area contributed by atoms with E-state index in [9.17, 15) is 28.0 Å². The van der Waals surface area contributed by atoms with E-state index in [-0.39, 0.29) is 59.7 Å². The van der Waals surface area contributed by atoms with Crippen molar-refractivity contribution in [3.05, 3.63) is 22.8 Å². The fraction of sp³-hybridized carbons (Fsp3) is 0.750. The van der Waals surface area contributed by atoms with Crippen molar-refractivity contribution in [2.75, 3.05) is 13.2 Å². The van der Waals surface area contributed by atoms with Gasteiger partial charge in [0.2, 0.25) is 10.4 Å². The number of aliphatic hydroxyl groups is 2. The molecule has 2 aliphatic carbocycles. The summed E-state index contributed by atoms with van der Waals surface area (Å²) in [5.41, 5.74) is 1.48. The standard InChI is InChI=1S/C20H30O8S.Na/c1-12-4-7-16-19(2,9-8-17(22)20(16,3)11-21)14(12)6-5-13-15(10-27-18(13)23)28-29(24,25)26;/h5,15-17,21-22H,4,6-11H2,1-3H3,(H,24,25,26);/q;+1/p-1/b13-5+;/t15-,16+,17-,19+,20+;/m1./s1. The summed E-state index contributed by atoms with van der Waals surface area (Å²) < 4.78 is 42.2. The molecule has 164 valence electrons. The first-order valence-corrected chi connectivity index (χ1v) is 11.2. The topological polar surface area (TPSA) is 133 Å². The van der Waals surface area contributed by atoms with E-state index in [0.29, 0.717) is 12.8 Å². The number of cyclic esters (lactones) is 1.